The summed E-state index contributed by atoms with van der Waals surface area (Å²) in [6.45, 7) is 0. The van der Waals surface area contributed by atoms with E-state index < -0.39 is 5.97 Å². The van der Waals surface area contributed by atoms with Gasteiger partial charge in [0.2, 0.25) is 0 Å². The van der Waals surface area contributed by atoms with Gasteiger partial charge in [-0.15, -0.1) is 0 Å². The second-order valence-corrected chi connectivity index (χ2v) is 5.44. The molecule has 0 fully saturated rings. The van der Waals surface area contributed by atoms with E-state index in [-0.39, 0.29) is 12.6 Å². The lowest BCUT2D eigenvalue weighted by Gasteiger charge is -2.20. The zero-order valence-electron chi connectivity index (χ0n) is 11.4. The van der Waals surface area contributed by atoms with Gasteiger partial charge in [-0.05, 0) is 29.8 Å². The fourth-order valence-electron chi connectivity index (χ4n) is 2.47. The van der Waals surface area contributed by atoms with Gasteiger partial charge in [0.25, 0.3) is 0 Å². The molecule has 21 heavy (non-hydrogen) atoms. The molecule has 5 heteroatoms. The second-order valence-electron chi connectivity index (χ2n) is 5.01. The Morgan fingerprint density at radius 2 is 2.00 bits per heavy atom. The molecule has 4 nitrogen and oxygen atoms in total. The minimum atomic E-state index is -0.842. The maximum absolute atomic E-state index is 10.8. The monoisotopic (exact) mass is 303 g/mol. The normalized spacial score (nSPS) is 16.5. The molecule has 0 radical (unpaired) electrons. The maximum atomic E-state index is 10.8. The highest BCUT2D eigenvalue weighted by Gasteiger charge is 2.29. The van der Waals surface area contributed by atoms with Crippen molar-refractivity contribution in [2.24, 2.45) is 0 Å². The number of hydrogen-bond donors (Lipinski definition) is 1. The summed E-state index contributed by atoms with van der Waals surface area (Å²) < 4.78 is 5.94. The zero-order valence-corrected chi connectivity index (χ0v) is 12.2. The summed E-state index contributed by atoms with van der Waals surface area (Å²) in [5.74, 6) is -0.0858. The van der Waals surface area contributed by atoms with E-state index in [2.05, 4.69) is 0 Å². The van der Waals surface area contributed by atoms with E-state index in [0.29, 0.717) is 5.02 Å². The van der Waals surface area contributed by atoms with Crippen LogP contribution in [0.1, 0.15) is 17.4 Å². The summed E-state index contributed by atoms with van der Waals surface area (Å²) in [4.78, 5) is 12.8. The van der Waals surface area contributed by atoms with Crippen molar-refractivity contribution in [1.29, 1.82) is 0 Å². The van der Waals surface area contributed by atoms with Gasteiger partial charge in [-0.1, -0.05) is 29.8 Å². The third kappa shape index (κ3) is 2.67. The van der Waals surface area contributed by atoms with Gasteiger partial charge in [-0.25, -0.2) is 0 Å². The first-order valence-corrected chi connectivity index (χ1v) is 6.92. The third-order valence-electron chi connectivity index (χ3n) is 3.50. The Labute approximate surface area is 127 Å². The average molecular weight is 304 g/mol. The molecule has 3 rings (SSSR count). The molecule has 0 saturated carbocycles. The molecule has 0 aliphatic carbocycles. The van der Waals surface area contributed by atoms with Gasteiger partial charge < -0.3 is 14.7 Å². The lowest BCUT2D eigenvalue weighted by Crippen LogP contribution is -2.22. The summed E-state index contributed by atoms with van der Waals surface area (Å²) in [6, 6.07) is 13.0. The Morgan fingerprint density at radius 3 is 2.67 bits per heavy atom. The molecule has 2 aromatic rings. The molecule has 0 aromatic heterocycles. The Bertz CT molecular complexity index is 684. The van der Waals surface area contributed by atoms with Gasteiger partial charge in [-0.2, -0.15) is 0 Å². The number of nitrogens with zero attached hydrogens (tertiary/aromatic N) is 1. The number of aliphatic carboxylic acids is 1. The standard InChI is InChI=1S/C16H14ClNO3/c1-18-13-8-10(9-15(19)20)2-7-14(13)21-16(18)11-3-5-12(17)6-4-11/h2-8,16H,9H2,1H3,(H,19,20). The summed E-state index contributed by atoms with van der Waals surface area (Å²) >= 11 is 5.90. The number of carboxylic acid groups (broad SMARTS) is 1. The van der Waals surface area contributed by atoms with Crippen molar-refractivity contribution in [1.82, 2.24) is 0 Å². The van der Waals surface area contributed by atoms with Gasteiger partial charge in [0, 0.05) is 17.6 Å². The fourth-order valence-corrected chi connectivity index (χ4v) is 2.59. The van der Waals surface area contributed by atoms with Crippen LogP contribution >= 0.6 is 11.6 Å². The van der Waals surface area contributed by atoms with Crippen LogP contribution in [0.3, 0.4) is 0 Å². The molecule has 108 valence electrons. The fraction of sp³-hybridized carbons (Fsp3) is 0.188. The van der Waals surface area contributed by atoms with E-state index in [4.69, 9.17) is 21.4 Å². The van der Waals surface area contributed by atoms with E-state index in [9.17, 15) is 4.79 Å². The first-order chi connectivity index (χ1) is 10.0. The number of halogens is 1. The number of ether oxygens (including phenoxy) is 1. The van der Waals surface area contributed by atoms with Crippen LogP contribution in [0.5, 0.6) is 5.75 Å². The molecular formula is C16H14ClNO3. The summed E-state index contributed by atoms with van der Waals surface area (Å²) in [5, 5.41) is 9.56. The van der Waals surface area contributed by atoms with Gasteiger partial charge in [0.1, 0.15) is 5.75 Å². The number of carboxylic acids is 1. The summed E-state index contributed by atoms with van der Waals surface area (Å²) in [7, 11) is 1.93. The molecule has 0 bridgehead atoms. The molecule has 2 aromatic carbocycles. The maximum Gasteiger partial charge on any atom is 0.307 e. The molecule has 1 N–H and O–H groups in total. The van der Waals surface area contributed by atoms with E-state index in [1.54, 1.807) is 6.07 Å². The van der Waals surface area contributed by atoms with Crippen molar-refractivity contribution in [2.45, 2.75) is 12.6 Å². The second kappa shape index (κ2) is 5.30. The highest BCUT2D eigenvalue weighted by atomic mass is 35.5. The van der Waals surface area contributed by atoms with Crippen molar-refractivity contribution in [3.8, 4) is 5.75 Å². The quantitative estimate of drug-likeness (QED) is 0.943. The van der Waals surface area contributed by atoms with Crippen LogP contribution in [-0.2, 0) is 11.2 Å². The first kappa shape index (κ1) is 13.8. The number of rotatable bonds is 3. The van der Waals surface area contributed by atoms with Gasteiger partial charge in [-0.3, -0.25) is 4.79 Å². The molecule has 0 saturated heterocycles. The van der Waals surface area contributed by atoms with Crippen LogP contribution in [-0.4, -0.2) is 18.1 Å². The van der Waals surface area contributed by atoms with Crippen LogP contribution in [0, 0.1) is 0 Å². The lowest BCUT2D eigenvalue weighted by molar-refractivity contribution is -0.136. The van der Waals surface area contributed by atoms with Gasteiger partial charge in [0.05, 0.1) is 12.1 Å². The molecule has 0 amide bonds. The largest absolute Gasteiger partial charge is 0.481 e. The minimum absolute atomic E-state index is 0.00668. The predicted molar refractivity (Wildman–Crippen MR) is 81.0 cm³/mol. The minimum Gasteiger partial charge on any atom is -0.481 e. The Morgan fingerprint density at radius 1 is 1.29 bits per heavy atom. The number of hydrogen-bond acceptors (Lipinski definition) is 3. The number of fused-ring (bicyclic) bond motifs is 1. The molecular weight excluding hydrogens is 290 g/mol. The smallest absolute Gasteiger partial charge is 0.307 e. The lowest BCUT2D eigenvalue weighted by atomic mass is 10.1. The SMILES string of the molecule is CN1c2cc(CC(=O)O)ccc2OC1c1ccc(Cl)cc1. The summed E-state index contributed by atoms with van der Waals surface area (Å²) in [6.07, 6.45) is -0.218. The van der Waals surface area contributed by atoms with Crippen molar-refractivity contribution in [2.75, 3.05) is 11.9 Å². The molecule has 0 spiro atoms. The van der Waals surface area contributed by atoms with Gasteiger partial charge >= 0.3 is 5.97 Å². The number of anilines is 1. The zero-order chi connectivity index (χ0) is 15.0. The molecule has 1 aliphatic heterocycles. The van der Waals surface area contributed by atoms with Crippen molar-refractivity contribution in [3.63, 3.8) is 0 Å². The average Bonchev–Trinajstić information content (AvgIpc) is 2.76. The molecule has 1 unspecified atom stereocenters. The molecule has 1 atom stereocenters. The Balaban J connectivity index is 1.89. The van der Waals surface area contributed by atoms with E-state index in [0.717, 1.165) is 22.6 Å². The predicted octanol–water partition coefficient (Wildman–Crippen LogP) is 3.49. The van der Waals surface area contributed by atoms with E-state index >= 15 is 0 Å². The molecule has 1 heterocycles. The highest BCUT2D eigenvalue weighted by Crippen LogP contribution is 2.42. The van der Waals surface area contributed by atoms with Crippen LogP contribution in [0.15, 0.2) is 42.5 Å². The first-order valence-electron chi connectivity index (χ1n) is 6.54. The number of benzene rings is 2. The summed E-state index contributed by atoms with van der Waals surface area (Å²) in [5.41, 5.74) is 2.65. The van der Waals surface area contributed by atoms with E-state index in [1.165, 1.54) is 0 Å². The highest BCUT2D eigenvalue weighted by molar-refractivity contribution is 6.30. The van der Waals surface area contributed by atoms with Crippen molar-refractivity contribution >= 4 is 23.3 Å². The van der Waals surface area contributed by atoms with Crippen molar-refractivity contribution < 1.29 is 14.6 Å². The third-order valence-corrected chi connectivity index (χ3v) is 3.76. The van der Waals surface area contributed by atoms with Crippen molar-refractivity contribution in [3.05, 3.63) is 58.6 Å². The Kier molecular flexibility index (Phi) is 3.47. The van der Waals surface area contributed by atoms with Crippen LogP contribution in [0.2, 0.25) is 5.02 Å². The topological polar surface area (TPSA) is 49.8 Å². The van der Waals surface area contributed by atoms with Crippen LogP contribution < -0.4 is 9.64 Å². The van der Waals surface area contributed by atoms with Crippen LogP contribution in [0.25, 0.3) is 0 Å². The van der Waals surface area contributed by atoms with Crippen LogP contribution in [0.4, 0.5) is 5.69 Å². The molecule has 1 aliphatic rings. The number of carbonyl (C=O) groups is 1. The Hall–Kier alpha value is -2.20. The van der Waals surface area contributed by atoms with E-state index in [1.807, 2.05) is 48.3 Å². The van der Waals surface area contributed by atoms with Gasteiger partial charge in [0.15, 0.2) is 6.23 Å².